The van der Waals surface area contributed by atoms with E-state index in [1.807, 2.05) is 12.3 Å². The minimum absolute atomic E-state index is 0.384. The molecule has 1 unspecified atom stereocenters. The van der Waals surface area contributed by atoms with Gasteiger partial charge >= 0.3 is 0 Å². The number of rotatable bonds is 11. The fourth-order valence-electron chi connectivity index (χ4n) is 4.18. The van der Waals surface area contributed by atoms with E-state index in [0.717, 1.165) is 48.8 Å². The van der Waals surface area contributed by atoms with Crippen LogP contribution in [0.4, 0.5) is 0 Å². The molecule has 1 N–H and O–H groups in total. The molecule has 4 rings (SSSR count). The predicted octanol–water partition coefficient (Wildman–Crippen LogP) is 6.30. The van der Waals surface area contributed by atoms with Gasteiger partial charge in [0.05, 0.1) is 5.52 Å². The van der Waals surface area contributed by atoms with E-state index in [1.54, 1.807) is 0 Å². The standard InChI is InChI=1S/C27H32N4O/c1-3-5-10-21(20-11-7-6-8-12-20)18-25-30-31-27(32-25)24-15-14-22(19-28-16-4-2)26-23(24)13-9-17-29-26/h6-9,11-15,17,21,28H,3-5,10,16,18-19H2,1-2H3. The van der Waals surface area contributed by atoms with Crippen LogP contribution in [0.15, 0.2) is 65.2 Å². The van der Waals surface area contributed by atoms with Crippen LogP contribution in [0.1, 0.15) is 62.5 Å². The normalized spacial score (nSPS) is 12.3. The summed E-state index contributed by atoms with van der Waals surface area (Å²) < 4.78 is 6.18. The van der Waals surface area contributed by atoms with Crippen molar-refractivity contribution in [1.82, 2.24) is 20.5 Å². The Morgan fingerprint density at radius 3 is 2.62 bits per heavy atom. The molecule has 0 radical (unpaired) electrons. The highest BCUT2D eigenvalue weighted by atomic mass is 16.4. The molecule has 5 heteroatoms. The Bertz CT molecular complexity index is 1120. The summed E-state index contributed by atoms with van der Waals surface area (Å²) in [5.74, 6) is 1.64. The maximum absolute atomic E-state index is 6.18. The van der Waals surface area contributed by atoms with Crippen molar-refractivity contribution in [2.75, 3.05) is 6.54 Å². The second-order valence-electron chi connectivity index (χ2n) is 8.30. The number of unbranched alkanes of at least 4 members (excludes halogenated alkanes) is 1. The number of fused-ring (bicyclic) bond motifs is 1. The molecule has 0 bridgehead atoms. The van der Waals surface area contributed by atoms with Crippen molar-refractivity contribution in [3.63, 3.8) is 0 Å². The Labute approximate surface area is 190 Å². The summed E-state index contributed by atoms with van der Waals surface area (Å²) in [7, 11) is 0. The lowest BCUT2D eigenvalue weighted by atomic mass is 9.91. The zero-order chi connectivity index (χ0) is 22.2. The monoisotopic (exact) mass is 428 g/mol. The molecule has 166 valence electrons. The second kappa shape index (κ2) is 11.0. The SMILES string of the molecule is CCCCC(Cc1nnc(-c2ccc(CNCCC)c3ncccc23)o1)c1ccccc1. The van der Waals surface area contributed by atoms with Crippen LogP contribution in [0.5, 0.6) is 0 Å². The first-order chi connectivity index (χ1) is 15.8. The summed E-state index contributed by atoms with van der Waals surface area (Å²) in [4.78, 5) is 4.64. The van der Waals surface area contributed by atoms with E-state index in [-0.39, 0.29) is 0 Å². The lowest BCUT2D eigenvalue weighted by Crippen LogP contribution is -2.14. The molecule has 5 nitrogen and oxygen atoms in total. The van der Waals surface area contributed by atoms with E-state index in [0.29, 0.717) is 17.7 Å². The first-order valence-corrected chi connectivity index (χ1v) is 11.7. The van der Waals surface area contributed by atoms with Crippen LogP contribution in [-0.4, -0.2) is 21.7 Å². The van der Waals surface area contributed by atoms with E-state index >= 15 is 0 Å². The van der Waals surface area contributed by atoms with Crippen molar-refractivity contribution >= 4 is 10.9 Å². The highest BCUT2D eigenvalue weighted by Crippen LogP contribution is 2.31. The van der Waals surface area contributed by atoms with Gasteiger partial charge in [0.15, 0.2) is 0 Å². The largest absolute Gasteiger partial charge is 0.421 e. The van der Waals surface area contributed by atoms with Gasteiger partial charge in [-0.05, 0) is 48.6 Å². The molecule has 0 saturated heterocycles. The first-order valence-electron chi connectivity index (χ1n) is 11.7. The molecule has 32 heavy (non-hydrogen) atoms. The summed E-state index contributed by atoms with van der Waals surface area (Å²) in [6.07, 6.45) is 7.18. The van der Waals surface area contributed by atoms with E-state index < -0.39 is 0 Å². The Hall–Kier alpha value is -3.05. The molecule has 2 heterocycles. The Balaban J connectivity index is 1.59. The van der Waals surface area contributed by atoms with Crippen molar-refractivity contribution in [2.24, 2.45) is 0 Å². The summed E-state index contributed by atoms with van der Waals surface area (Å²) in [5.41, 5.74) is 4.44. The molecule has 4 aromatic rings. The minimum atomic E-state index is 0.384. The third-order valence-electron chi connectivity index (χ3n) is 5.89. The number of pyridine rings is 1. The third-order valence-corrected chi connectivity index (χ3v) is 5.89. The van der Waals surface area contributed by atoms with Gasteiger partial charge in [-0.2, -0.15) is 0 Å². The van der Waals surface area contributed by atoms with Crippen molar-refractivity contribution in [3.05, 3.63) is 77.8 Å². The van der Waals surface area contributed by atoms with Crippen LogP contribution >= 0.6 is 0 Å². The topological polar surface area (TPSA) is 63.8 Å². The maximum Gasteiger partial charge on any atom is 0.248 e. The first kappa shape index (κ1) is 22.2. The lowest BCUT2D eigenvalue weighted by Gasteiger charge is -2.15. The van der Waals surface area contributed by atoms with Crippen LogP contribution in [0.25, 0.3) is 22.4 Å². The van der Waals surface area contributed by atoms with Gasteiger partial charge in [0.2, 0.25) is 11.8 Å². The van der Waals surface area contributed by atoms with Crippen LogP contribution in [0.3, 0.4) is 0 Å². The second-order valence-corrected chi connectivity index (χ2v) is 8.30. The molecule has 0 aliphatic rings. The molecule has 1 atom stereocenters. The molecular weight excluding hydrogens is 396 g/mol. The van der Waals surface area contributed by atoms with Crippen molar-refractivity contribution in [1.29, 1.82) is 0 Å². The Kier molecular flexibility index (Phi) is 7.62. The molecule has 0 saturated carbocycles. The quantitative estimate of drug-likeness (QED) is 0.284. The summed E-state index contributed by atoms with van der Waals surface area (Å²) >= 11 is 0. The predicted molar refractivity (Wildman–Crippen MR) is 129 cm³/mol. The molecule has 0 spiro atoms. The van der Waals surface area contributed by atoms with E-state index in [9.17, 15) is 0 Å². The van der Waals surface area contributed by atoms with Gasteiger partial charge in [0, 0.05) is 30.1 Å². The van der Waals surface area contributed by atoms with E-state index in [2.05, 4.69) is 82.9 Å². The molecule has 0 aliphatic carbocycles. The summed E-state index contributed by atoms with van der Waals surface area (Å²) in [6, 6.07) is 18.9. The lowest BCUT2D eigenvalue weighted by molar-refractivity contribution is 0.464. The number of nitrogens with zero attached hydrogens (tertiary/aromatic N) is 3. The zero-order valence-electron chi connectivity index (χ0n) is 19.1. The molecule has 0 amide bonds. The summed E-state index contributed by atoms with van der Waals surface area (Å²) in [6.45, 7) is 6.19. The van der Waals surface area contributed by atoms with Crippen LogP contribution < -0.4 is 5.32 Å². The Morgan fingerprint density at radius 2 is 1.81 bits per heavy atom. The van der Waals surface area contributed by atoms with Gasteiger partial charge in [-0.15, -0.1) is 10.2 Å². The van der Waals surface area contributed by atoms with E-state index in [1.165, 1.54) is 24.0 Å². The highest BCUT2D eigenvalue weighted by molar-refractivity contribution is 5.94. The van der Waals surface area contributed by atoms with Gasteiger partial charge in [-0.25, -0.2) is 0 Å². The molecule has 2 aromatic heterocycles. The number of nitrogens with one attached hydrogen (secondary N) is 1. The number of benzene rings is 2. The van der Waals surface area contributed by atoms with Gasteiger partial charge in [0.25, 0.3) is 0 Å². The fraction of sp³-hybridized carbons (Fsp3) is 0.370. The van der Waals surface area contributed by atoms with Crippen LogP contribution in [0.2, 0.25) is 0 Å². The number of aromatic nitrogens is 3. The number of hydrogen-bond donors (Lipinski definition) is 1. The van der Waals surface area contributed by atoms with Crippen molar-refractivity contribution in [2.45, 2.75) is 58.4 Å². The number of hydrogen-bond acceptors (Lipinski definition) is 5. The zero-order valence-corrected chi connectivity index (χ0v) is 19.1. The molecular formula is C27H32N4O. The van der Waals surface area contributed by atoms with Crippen LogP contribution in [-0.2, 0) is 13.0 Å². The van der Waals surface area contributed by atoms with Crippen molar-refractivity contribution in [3.8, 4) is 11.5 Å². The molecule has 0 fully saturated rings. The third kappa shape index (κ3) is 5.22. The van der Waals surface area contributed by atoms with Crippen molar-refractivity contribution < 1.29 is 4.42 Å². The maximum atomic E-state index is 6.18. The molecule has 0 aliphatic heterocycles. The highest BCUT2D eigenvalue weighted by Gasteiger charge is 2.18. The summed E-state index contributed by atoms with van der Waals surface area (Å²) in [5, 5.41) is 13.3. The van der Waals surface area contributed by atoms with E-state index in [4.69, 9.17) is 4.42 Å². The van der Waals surface area contributed by atoms with Gasteiger partial charge in [0.1, 0.15) is 0 Å². The minimum Gasteiger partial charge on any atom is -0.421 e. The van der Waals surface area contributed by atoms with Gasteiger partial charge in [-0.1, -0.05) is 69.2 Å². The molecule has 2 aromatic carbocycles. The average Bonchev–Trinajstić information content (AvgIpc) is 3.31. The smallest absolute Gasteiger partial charge is 0.248 e. The fourth-order valence-corrected chi connectivity index (χ4v) is 4.18. The van der Waals surface area contributed by atoms with Crippen LogP contribution in [0, 0.1) is 0 Å². The van der Waals surface area contributed by atoms with Gasteiger partial charge < -0.3 is 9.73 Å². The van der Waals surface area contributed by atoms with Gasteiger partial charge in [-0.3, -0.25) is 4.98 Å². The average molecular weight is 429 g/mol. The Morgan fingerprint density at radius 1 is 0.938 bits per heavy atom.